The van der Waals surface area contributed by atoms with Gasteiger partial charge < -0.3 is 5.73 Å². The highest BCUT2D eigenvalue weighted by molar-refractivity contribution is 5.24. The quantitative estimate of drug-likeness (QED) is 0.689. The van der Waals surface area contributed by atoms with Gasteiger partial charge >= 0.3 is 0 Å². The lowest BCUT2D eigenvalue weighted by atomic mass is 10.1. The molecular weight excluding hydrogens is 141 g/mol. The normalized spacial score (nSPS) is 10.1. The third-order valence-corrected chi connectivity index (χ3v) is 1.73. The Kier molecular flexibility index (Phi) is 2.60. The van der Waals surface area contributed by atoms with Crippen molar-refractivity contribution in [3.05, 3.63) is 35.1 Å². The van der Waals surface area contributed by atoms with Gasteiger partial charge in [0.05, 0.1) is 0 Å². The van der Waals surface area contributed by atoms with Crippen molar-refractivity contribution in [1.82, 2.24) is 0 Å². The standard InChI is InChI=1S/C9H12FN/c1-2-8-5-7(6-11)3-4-9(8)10/h3-5H,2,6,11H2,1H3. The van der Waals surface area contributed by atoms with Gasteiger partial charge in [-0.05, 0) is 23.6 Å². The molecule has 0 bridgehead atoms. The van der Waals surface area contributed by atoms with Crippen LogP contribution in [0.1, 0.15) is 18.1 Å². The van der Waals surface area contributed by atoms with Gasteiger partial charge in [-0.15, -0.1) is 0 Å². The molecule has 0 atom stereocenters. The molecule has 0 aliphatic rings. The van der Waals surface area contributed by atoms with Gasteiger partial charge in [0, 0.05) is 6.54 Å². The summed E-state index contributed by atoms with van der Waals surface area (Å²) in [5.74, 6) is -0.135. The van der Waals surface area contributed by atoms with Crippen molar-refractivity contribution >= 4 is 0 Å². The number of aryl methyl sites for hydroxylation is 1. The summed E-state index contributed by atoms with van der Waals surface area (Å²) in [7, 11) is 0. The largest absolute Gasteiger partial charge is 0.326 e. The van der Waals surface area contributed by atoms with Crippen LogP contribution in [0.4, 0.5) is 4.39 Å². The summed E-state index contributed by atoms with van der Waals surface area (Å²) in [5, 5.41) is 0. The van der Waals surface area contributed by atoms with Gasteiger partial charge in [-0.1, -0.05) is 19.1 Å². The molecule has 0 radical (unpaired) electrons. The Balaban J connectivity index is 3.02. The van der Waals surface area contributed by atoms with Crippen molar-refractivity contribution in [3.63, 3.8) is 0 Å². The maximum atomic E-state index is 12.9. The minimum absolute atomic E-state index is 0.135. The number of hydrogen-bond donors (Lipinski definition) is 1. The first-order valence-electron chi connectivity index (χ1n) is 3.75. The first kappa shape index (κ1) is 8.21. The Hall–Kier alpha value is -0.890. The number of rotatable bonds is 2. The van der Waals surface area contributed by atoms with Gasteiger partial charge in [-0.25, -0.2) is 4.39 Å². The van der Waals surface area contributed by atoms with Gasteiger partial charge in [-0.2, -0.15) is 0 Å². The molecule has 0 unspecified atom stereocenters. The highest BCUT2D eigenvalue weighted by atomic mass is 19.1. The van der Waals surface area contributed by atoms with E-state index in [4.69, 9.17) is 5.73 Å². The van der Waals surface area contributed by atoms with E-state index in [9.17, 15) is 4.39 Å². The summed E-state index contributed by atoms with van der Waals surface area (Å²) < 4.78 is 12.9. The molecule has 11 heavy (non-hydrogen) atoms. The predicted octanol–water partition coefficient (Wildman–Crippen LogP) is 1.85. The van der Waals surface area contributed by atoms with E-state index in [-0.39, 0.29) is 5.82 Å². The highest BCUT2D eigenvalue weighted by Crippen LogP contribution is 2.10. The zero-order valence-electron chi connectivity index (χ0n) is 6.60. The lowest BCUT2D eigenvalue weighted by Gasteiger charge is -2.01. The smallest absolute Gasteiger partial charge is 0.126 e. The molecule has 0 aliphatic carbocycles. The number of halogens is 1. The second kappa shape index (κ2) is 3.49. The van der Waals surface area contributed by atoms with Crippen LogP contribution in [-0.2, 0) is 13.0 Å². The van der Waals surface area contributed by atoms with Crippen LogP contribution in [0, 0.1) is 5.82 Å². The first-order valence-corrected chi connectivity index (χ1v) is 3.75. The Bertz CT molecular complexity index is 245. The lowest BCUT2D eigenvalue weighted by molar-refractivity contribution is 0.611. The van der Waals surface area contributed by atoms with E-state index in [0.29, 0.717) is 6.54 Å². The average Bonchev–Trinajstić information content (AvgIpc) is 2.05. The Morgan fingerprint density at radius 2 is 2.18 bits per heavy atom. The third-order valence-electron chi connectivity index (χ3n) is 1.73. The van der Waals surface area contributed by atoms with E-state index in [2.05, 4.69) is 0 Å². The molecule has 0 saturated heterocycles. The number of hydrogen-bond acceptors (Lipinski definition) is 1. The summed E-state index contributed by atoms with van der Waals surface area (Å²) in [6, 6.07) is 5.00. The summed E-state index contributed by atoms with van der Waals surface area (Å²) in [6.45, 7) is 2.41. The molecule has 0 heterocycles. The van der Waals surface area contributed by atoms with Crippen molar-refractivity contribution in [3.8, 4) is 0 Å². The molecule has 60 valence electrons. The fraction of sp³-hybridized carbons (Fsp3) is 0.333. The topological polar surface area (TPSA) is 26.0 Å². The highest BCUT2D eigenvalue weighted by Gasteiger charge is 1.99. The number of benzene rings is 1. The second-order valence-electron chi connectivity index (χ2n) is 2.48. The lowest BCUT2D eigenvalue weighted by Crippen LogP contribution is -1.98. The maximum absolute atomic E-state index is 12.9. The minimum Gasteiger partial charge on any atom is -0.326 e. The summed E-state index contributed by atoms with van der Waals surface area (Å²) in [4.78, 5) is 0. The van der Waals surface area contributed by atoms with E-state index in [1.54, 1.807) is 6.07 Å². The third kappa shape index (κ3) is 1.77. The molecular formula is C9H12FN. The van der Waals surface area contributed by atoms with E-state index in [0.717, 1.165) is 17.5 Å². The fourth-order valence-corrected chi connectivity index (χ4v) is 1.03. The molecule has 0 amide bonds. The molecule has 0 spiro atoms. The molecule has 1 rings (SSSR count). The molecule has 1 aromatic rings. The first-order chi connectivity index (χ1) is 5.27. The number of nitrogens with two attached hydrogens (primary N) is 1. The molecule has 0 saturated carbocycles. The molecule has 2 N–H and O–H groups in total. The maximum Gasteiger partial charge on any atom is 0.126 e. The van der Waals surface area contributed by atoms with Gasteiger partial charge in [0.25, 0.3) is 0 Å². The summed E-state index contributed by atoms with van der Waals surface area (Å²) >= 11 is 0. The monoisotopic (exact) mass is 153 g/mol. The predicted molar refractivity (Wildman–Crippen MR) is 43.7 cm³/mol. The van der Waals surface area contributed by atoms with Crippen LogP contribution >= 0.6 is 0 Å². The molecule has 0 fully saturated rings. The van der Waals surface area contributed by atoms with Crippen LogP contribution in [-0.4, -0.2) is 0 Å². The summed E-state index contributed by atoms with van der Waals surface area (Å²) in [6.07, 6.45) is 0.722. The summed E-state index contributed by atoms with van der Waals surface area (Å²) in [5.41, 5.74) is 7.13. The second-order valence-corrected chi connectivity index (χ2v) is 2.48. The van der Waals surface area contributed by atoms with Gasteiger partial charge in [0.15, 0.2) is 0 Å². The Labute approximate surface area is 66.0 Å². The van der Waals surface area contributed by atoms with E-state index >= 15 is 0 Å². The van der Waals surface area contributed by atoms with E-state index in [1.807, 2.05) is 13.0 Å². The van der Waals surface area contributed by atoms with Crippen LogP contribution in [0.25, 0.3) is 0 Å². The SMILES string of the molecule is CCc1cc(CN)ccc1F. The molecule has 0 aliphatic heterocycles. The zero-order chi connectivity index (χ0) is 8.27. The van der Waals surface area contributed by atoms with E-state index in [1.165, 1.54) is 6.07 Å². The van der Waals surface area contributed by atoms with Crippen molar-refractivity contribution in [2.45, 2.75) is 19.9 Å². The van der Waals surface area contributed by atoms with Gasteiger partial charge in [0.2, 0.25) is 0 Å². The van der Waals surface area contributed by atoms with Crippen molar-refractivity contribution in [1.29, 1.82) is 0 Å². The van der Waals surface area contributed by atoms with Crippen LogP contribution in [0.5, 0.6) is 0 Å². The van der Waals surface area contributed by atoms with Crippen LogP contribution in [0.15, 0.2) is 18.2 Å². The van der Waals surface area contributed by atoms with Gasteiger partial charge in [0.1, 0.15) is 5.82 Å². The Morgan fingerprint density at radius 1 is 1.45 bits per heavy atom. The average molecular weight is 153 g/mol. The van der Waals surface area contributed by atoms with Crippen molar-refractivity contribution in [2.75, 3.05) is 0 Å². The zero-order valence-corrected chi connectivity index (χ0v) is 6.60. The van der Waals surface area contributed by atoms with Crippen molar-refractivity contribution < 1.29 is 4.39 Å². The minimum atomic E-state index is -0.135. The fourth-order valence-electron chi connectivity index (χ4n) is 1.03. The molecule has 1 nitrogen and oxygen atoms in total. The van der Waals surface area contributed by atoms with Crippen LogP contribution < -0.4 is 5.73 Å². The molecule has 2 heteroatoms. The van der Waals surface area contributed by atoms with Crippen LogP contribution in [0.3, 0.4) is 0 Å². The van der Waals surface area contributed by atoms with Crippen LogP contribution in [0.2, 0.25) is 0 Å². The Morgan fingerprint density at radius 3 is 2.73 bits per heavy atom. The van der Waals surface area contributed by atoms with E-state index < -0.39 is 0 Å². The van der Waals surface area contributed by atoms with Crippen molar-refractivity contribution in [2.24, 2.45) is 5.73 Å². The van der Waals surface area contributed by atoms with Gasteiger partial charge in [-0.3, -0.25) is 0 Å². The molecule has 0 aromatic heterocycles. The molecule has 1 aromatic carbocycles.